The van der Waals surface area contributed by atoms with E-state index in [-0.39, 0.29) is 0 Å². The maximum Gasteiger partial charge on any atom is 0.128 e. The van der Waals surface area contributed by atoms with E-state index < -0.39 is 0 Å². The van der Waals surface area contributed by atoms with Crippen molar-refractivity contribution < 1.29 is 0 Å². The van der Waals surface area contributed by atoms with E-state index in [0.717, 1.165) is 43.3 Å². The first-order valence-corrected chi connectivity index (χ1v) is 5.43. The molecule has 1 fully saturated rings. The molecule has 82 valence electrons. The summed E-state index contributed by atoms with van der Waals surface area (Å²) in [6.07, 6.45) is 0. The summed E-state index contributed by atoms with van der Waals surface area (Å²) >= 11 is 0. The van der Waals surface area contributed by atoms with Crippen LogP contribution in [0.5, 0.6) is 0 Å². The zero-order chi connectivity index (χ0) is 10.7. The lowest BCUT2D eigenvalue weighted by Gasteiger charge is -2.28. The van der Waals surface area contributed by atoms with Crippen LogP contribution in [0.3, 0.4) is 0 Å². The zero-order valence-corrected chi connectivity index (χ0v) is 9.16. The SMILES string of the molecule is Cc1nc(N2CCNCC2)ccc1CN. The molecule has 0 bridgehead atoms. The van der Waals surface area contributed by atoms with E-state index in [1.807, 2.05) is 6.92 Å². The van der Waals surface area contributed by atoms with Crippen molar-refractivity contribution >= 4 is 5.82 Å². The number of hydrogen-bond donors (Lipinski definition) is 2. The second-order valence-corrected chi connectivity index (χ2v) is 3.86. The summed E-state index contributed by atoms with van der Waals surface area (Å²) in [6, 6.07) is 4.15. The number of nitrogens with two attached hydrogens (primary N) is 1. The average Bonchev–Trinajstić information content (AvgIpc) is 2.30. The molecular formula is C11H18N4. The van der Waals surface area contributed by atoms with E-state index >= 15 is 0 Å². The van der Waals surface area contributed by atoms with Gasteiger partial charge in [0.25, 0.3) is 0 Å². The number of piperazine rings is 1. The highest BCUT2D eigenvalue weighted by molar-refractivity contribution is 5.42. The van der Waals surface area contributed by atoms with Gasteiger partial charge < -0.3 is 16.0 Å². The van der Waals surface area contributed by atoms with Crippen molar-refractivity contribution in [1.29, 1.82) is 0 Å². The molecule has 1 aliphatic heterocycles. The molecule has 4 heteroatoms. The highest BCUT2D eigenvalue weighted by Crippen LogP contribution is 2.14. The van der Waals surface area contributed by atoms with Gasteiger partial charge in [0.15, 0.2) is 0 Å². The number of rotatable bonds is 2. The Hall–Kier alpha value is -1.13. The first-order chi connectivity index (χ1) is 7.31. The Balaban J connectivity index is 2.17. The minimum absolute atomic E-state index is 0.570. The Labute approximate surface area is 90.5 Å². The summed E-state index contributed by atoms with van der Waals surface area (Å²) in [5.74, 6) is 1.08. The van der Waals surface area contributed by atoms with Crippen molar-refractivity contribution in [2.75, 3.05) is 31.1 Å². The molecule has 15 heavy (non-hydrogen) atoms. The van der Waals surface area contributed by atoms with Gasteiger partial charge in [-0.25, -0.2) is 4.98 Å². The largest absolute Gasteiger partial charge is 0.354 e. The molecule has 0 radical (unpaired) electrons. The summed E-state index contributed by atoms with van der Waals surface area (Å²) < 4.78 is 0. The van der Waals surface area contributed by atoms with Crippen LogP contribution < -0.4 is 16.0 Å². The lowest BCUT2D eigenvalue weighted by molar-refractivity contribution is 0.584. The first-order valence-electron chi connectivity index (χ1n) is 5.43. The quantitative estimate of drug-likeness (QED) is 0.729. The second kappa shape index (κ2) is 4.59. The summed E-state index contributed by atoms with van der Waals surface area (Å²) in [5, 5.41) is 3.33. The van der Waals surface area contributed by atoms with Crippen LogP contribution in [-0.4, -0.2) is 31.2 Å². The molecule has 0 spiro atoms. The molecule has 1 aromatic rings. The summed E-state index contributed by atoms with van der Waals surface area (Å²) in [4.78, 5) is 6.90. The monoisotopic (exact) mass is 206 g/mol. The van der Waals surface area contributed by atoms with Crippen molar-refractivity contribution in [1.82, 2.24) is 10.3 Å². The lowest BCUT2D eigenvalue weighted by Crippen LogP contribution is -2.43. The van der Waals surface area contributed by atoms with Crippen LogP contribution in [0.15, 0.2) is 12.1 Å². The minimum Gasteiger partial charge on any atom is -0.354 e. The topological polar surface area (TPSA) is 54.2 Å². The van der Waals surface area contributed by atoms with E-state index in [1.54, 1.807) is 0 Å². The zero-order valence-electron chi connectivity index (χ0n) is 9.16. The van der Waals surface area contributed by atoms with Gasteiger partial charge in [0.05, 0.1) is 0 Å². The Morgan fingerprint density at radius 1 is 1.40 bits per heavy atom. The van der Waals surface area contributed by atoms with Crippen LogP contribution in [0.4, 0.5) is 5.82 Å². The molecule has 1 aliphatic rings. The molecule has 0 aromatic carbocycles. The molecule has 2 heterocycles. The lowest BCUT2D eigenvalue weighted by atomic mass is 10.2. The molecule has 0 saturated carbocycles. The molecule has 1 saturated heterocycles. The minimum atomic E-state index is 0.570. The van der Waals surface area contributed by atoms with Gasteiger partial charge in [-0.1, -0.05) is 6.07 Å². The predicted molar refractivity (Wildman–Crippen MR) is 61.9 cm³/mol. The third-order valence-corrected chi connectivity index (χ3v) is 2.84. The molecule has 3 N–H and O–H groups in total. The van der Waals surface area contributed by atoms with Crippen molar-refractivity contribution in [2.45, 2.75) is 13.5 Å². The Morgan fingerprint density at radius 2 is 2.13 bits per heavy atom. The number of aryl methyl sites for hydroxylation is 1. The fraction of sp³-hybridized carbons (Fsp3) is 0.545. The van der Waals surface area contributed by atoms with Crippen LogP contribution in [0.2, 0.25) is 0 Å². The van der Waals surface area contributed by atoms with Gasteiger partial charge in [-0.15, -0.1) is 0 Å². The molecule has 0 unspecified atom stereocenters. The van der Waals surface area contributed by atoms with E-state index in [1.165, 1.54) is 0 Å². The van der Waals surface area contributed by atoms with Crippen LogP contribution in [0, 0.1) is 6.92 Å². The average molecular weight is 206 g/mol. The van der Waals surface area contributed by atoms with Gasteiger partial charge in [-0.2, -0.15) is 0 Å². The highest BCUT2D eigenvalue weighted by atomic mass is 15.2. The number of hydrogen-bond acceptors (Lipinski definition) is 4. The van der Waals surface area contributed by atoms with Crippen molar-refractivity contribution in [3.8, 4) is 0 Å². The van der Waals surface area contributed by atoms with Crippen molar-refractivity contribution in [2.24, 2.45) is 5.73 Å². The molecule has 0 amide bonds. The third-order valence-electron chi connectivity index (χ3n) is 2.84. The molecule has 2 rings (SSSR count). The summed E-state index contributed by atoms with van der Waals surface area (Å²) in [7, 11) is 0. The fourth-order valence-corrected chi connectivity index (χ4v) is 1.86. The van der Waals surface area contributed by atoms with Crippen LogP contribution in [-0.2, 0) is 6.54 Å². The van der Waals surface area contributed by atoms with Crippen LogP contribution in [0.25, 0.3) is 0 Å². The number of nitrogens with one attached hydrogen (secondary N) is 1. The molecule has 0 aliphatic carbocycles. The normalized spacial score (nSPS) is 16.8. The highest BCUT2D eigenvalue weighted by Gasteiger charge is 2.11. The molecule has 1 aromatic heterocycles. The molecular weight excluding hydrogens is 188 g/mol. The standard InChI is InChI=1S/C11H18N4/c1-9-10(8-12)2-3-11(14-9)15-6-4-13-5-7-15/h2-3,13H,4-8,12H2,1H3. The maximum absolute atomic E-state index is 5.62. The van der Waals surface area contributed by atoms with E-state index in [2.05, 4.69) is 27.3 Å². The molecule has 0 atom stereocenters. The first kappa shape index (κ1) is 10.4. The maximum atomic E-state index is 5.62. The van der Waals surface area contributed by atoms with Gasteiger partial charge >= 0.3 is 0 Å². The van der Waals surface area contributed by atoms with Crippen LogP contribution in [0.1, 0.15) is 11.3 Å². The smallest absolute Gasteiger partial charge is 0.128 e. The van der Waals surface area contributed by atoms with Gasteiger partial charge in [-0.3, -0.25) is 0 Å². The van der Waals surface area contributed by atoms with E-state index in [0.29, 0.717) is 6.54 Å². The third kappa shape index (κ3) is 2.27. The Kier molecular flexibility index (Phi) is 3.18. The van der Waals surface area contributed by atoms with E-state index in [4.69, 9.17) is 5.73 Å². The van der Waals surface area contributed by atoms with Gasteiger partial charge in [0.1, 0.15) is 5.82 Å². The second-order valence-electron chi connectivity index (χ2n) is 3.86. The van der Waals surface area contributed by atoms with Gasteiger partial charge in [0, 0.05) is 38.4 Å². The van der Waals surface area contributed by atoms with Gasteiger partial charge in [-0.05, 0) is 18.6 Å². The number of pyridine rings is 1. The number of aromatic nitrogens is 1. The van der Waals surface area contributed by atoms with Crippen molar-refractivity contribution in [3.05, 3.63) is 23.4 Å². The summed E-state index contributed by atoms with van der Waals surface area (Å²) in [5.41, 5.74) is 7.80. The Morgan fingerprint density at radius 3 is 2.73 bits per heavy atom. The molecule has 4 nitrogen and oxygen atoms in total. The fourth-order valence-electron chi connectivity index (χ4n) is 1.86. The summed E-state index contributed by atoms with van der Waals surface area (Å²) in [6.45, 7) is 6.75. The number of anilines is 1. The van der Waals surface area contributed by atoms with Crippen molar-refractivity contribution in [3.63, 3.8) is 0 Å². The van der Waals surface area contributed by atoms with E-state index in [9.17, 15) is 0 Å². The Bertz CT molecular complexity index is 331. The van der Waals surface area contributed by atoms with Gasteiger partial charge in [0.2, 0.25) is 0 Å². The predicted octanol–water partition coefficient (Wildman–Crippen LogP) is 0.258. The number of nitrogens with zero attached hydrogens (tertiary/aromatic N) is 2. The van der Waals surface area contributed by atoms with Crippen LogP contribution >= 0.6 is 0 Å².